The molecule has 0 radical (unpaired) electrons. The smallest absolute Gasteiger partial charge is 0.136 e. The zero-order chi connectivity index (χ0) is 26.6. The van der Waals surface area contributed by atoms with Crippen LogP contribution in [0.25, 0.3) is 55.2 Å². The van der Waals surface area contributed by atoms with E-state index in [2.05, 4.69) is 110 Å². The minimum absolute atomic E-state index is 0.361. The van der Waals surface area contributed by atoms with Crippen LogP contribution in [-0.2, 0) is 6.42 Å². The minimum atomic E-state index is 0.361. The molecule has 0 fully saturated rings. The molecule has 0 saturated carbocycles. The van der Waals surface area contributed by atoms with Gasteiger partial charge in [-0.15, -0.1) is 0 Å². The average Bonchev–Trinajstić information content (AvgIpc) is 3.40. The molecule has 7 aromatic rings. The van der Waals surface area contributed by atoms with E-state index in [0.29, 0.717) is 5.92 Å². The van der Waals surface area contributed by atoms with Crippen molar-refractivity contribution in [1.82, 2.24) is 4.98 Å². The highest BCUT2D eigenvalue weighted by molar-refractivity contribution is 6.12. The molecule has 3 heteroatoms. The lowest BCUT2D eigenvalue weighted by Crippen LogP contribution is -2.18. The standard InChI is InChI=1S/C37H26N2O/c1-23-22-28-19-18-27-20-21-31(38-36(27)37(28)39-35(23)26-8-3-2-4-9-26)25-16-14-24(15-17-25)29-11-7-13-33-34(29)30-10-5-6-12-32(30)40-33/h2-21,23H,22H2,1H3. The van der Waals surface area contributed by atoms with Gasteiger partial charge in [-0.05, 0) is 46.9 Å². The SMILES string of the molecule is CC1Cc2ccc3ccc(-c4ccc(-c5cccc6oc7ccccc7c56)cc4)nc3c2N=C1c1ccccc1. The summed E-state index contributed by atoms with van der Waals surface area (Å²) in [7, 11) is 0. The van der Waals surface area contributed by atoms with E-state index in [9.17, 15) is 0 Å². The molecule has 1 aliphatic heterocycles. The minimum Gasteiger partial charge on any atom is -0.456 e. The van der Waals surface area contributed by atoms with Crippen molar-refractivity contribution in [2.75, 3.05) is 0 Å². The summed E-state index contributed by atoms with van der Waals surface area (Å²) in [4.78, 5) is 10.4. The number of benzene rings is 5. The van der Waals surface area contributed by atoms with Crippen LogP contribution in [0.15, 0.2) is 131 Å². The fourth-order valence-electron chi connectivity index (χ4n) is 6.12. The van der Waals surface area contributed by atoms with Crippen LogP contribution in [0.1, 0.15) is 18.1 Å². The van der Waals surface area contributed by atoms with Crippen LogP contribution in [0.2, 0.25) is 0 Å². The molecule has 1 aliphatic rings. The maximum atomic E-state index is 6.12. The lowest BCUT2D eigenvalue weighted by Gasteiger charge is -2.23. The Balaban J connectivity index is 1.22. The van der Waals surface area contributed by atoms with Gasteiger partial charge in [-0.25, -0.2) is 9.98 Å². The number of nitrogens with zero attached hydrogens (tertiary/aromatic N) is 2. The number of aromatic nitrogens is 1. The number of hydrogen-bond acceptors (Lipinski definition) is 3. The molecular weight excluding hydrogens is 488 g/mol. The summed E-state index contributed by atoms with van der Waals surface area (Å²) < 4.78 is 6.12. The number of hydrogen-bond donors (Lipinski definition) is 0. The molecule has 40 heavy (non-hydrogen) atoms. The van der Waals surface area contributed by atoms with Crippen LogP contribution in [0.4, 0.5) is 5.69 Å². The number of aliphatic imine (C=N–C) groups is 1. The fraction of sp³-hybridized carbons (Fsp3) is 0.0811. The van der Waals surface area contributed by atoms with Gasteiger partial charge in [0.1, 0.15) is 11.2 Å². The van der Waals surface area contributed by atoms with E-state index in [1.54, 1.807) is 0 Å². The zero-order valence-electron chi connectivity index (χ0n) is 22.1. The second kappa shape index (κ2) is 9.03. The molecule has 1 unspecified atom stereocenters. The van der Waals surface area contributed by atoms with Crippen LogP contribution < -0.4 is 0 Å². The van der Waals surface area contributed by atoms with Gasteiger partial charge in [-0.1, -0.05) is 110 Å². The molecule has 0 amide bonds. The number of rotatable bonds is 3. The van der Waals surface area contributed by atoms with Crippen molar-refractivity contribution in [3.63, 3.8) is 0 Å². The maximum absolute atomic E-state index is 6.12. The van der Waals surface area contributed by atoms with Crippen molar-refractivity contribution in [2.24, 2.45) is 10.9 Å². The largest absolute Gasteiger partial charge is 0.456 e. The van der Waals surface area contributed by atoms with Crippen molar-refractivity contribution in [3.05, 3.63) is 132 Å². The first-order chi connectivity index (χ1) is 19.7. The van der Waals surface area contributed by atoms with Gasteiger partial charge in [-0.3, -0.25) is 0 Å². The van der Waals surface area contributed by atoms with Gasteiger partial charge >= 0.3 is 0 Å². The van der Waals surface area contributed by atoms with Gasteiger partial charge in [-0.2, -0.15) is 0 Å². The second-order valence-electron chi connectivity index (χ2n) is 10.7. The molecule has 0 spiro atoms. The average molecular weight is 515 g/mol. The lowest BCUT2D eigenvalue weighted by molar-refractivity contribution is 0.669. The normalized spacial score (nSPS) is 14.9. The summed E-state index contributed by atoms with van der Waals surface area (Å²) in [5.74, 6) is 0.361. The van der Waals surface area contributed by atoms with Crippen molar-refractivity contribution in [2.45, 2.75) is 13.3 Å². The molecule has 3 nitrogen and oxygen atoms in total. The Hall–Kier alpha value is -5.02. The first kappa shape index (κ1) is 22.9. The summed E-state index contributed by atoms with van der Waals surface area (Å²) in [5.41, 5.74) is 11.8. The third-order valence-electron chi connectivity index (χ3n) is 8.11. The van der Waals surface area contributed by atoms with Crippen molar-refractivity contribution >= 4 is 44.2 Å². The first-order valence-electron chi connectivity index (χ1n) is 13.8. The van der Waals surface area contributed by atoms with E-state index in [1.807, 2.05) is 18.2 Å². The predicted octanol–water partition coefficient (Wildman–Crippen LogP) is 9.78. The van der Waals surface area contributed by atoms with Crippen molar-refractivity contribution in [1.29, 1.82) is 0 Å². The van der Waals surface area contributed by atoms with Gasteiger partial charge in [0.05, 0.1) is 22.6 Å². The topological polar surface area (TPSA) is 38.4 Å². The van der Waals surface area contributed by atoms with Crippen molar-refractivity contribution in [3.8, 4) is 22.4 Å². The van der Waals surface area contributed by atoms with E-state index < -0.39 is 0 Å². The van der Waals surface area contributed by atoms with Gasteiger partial charge in [0.15, 0.2) is 0 Å². The van der Waals surface area contributed by atoms with Gasteiger partial charge in [0, 0.05) is 27.6 Å². The second-order valence-corrected chi connectivity index (χ2v) is 10.7. The van der Waals surface area contributed by atoms with Gasteiger partial charge < -0.3 is 4.42 Å². The molecule has 1 atom stereocenters. The van der Waals surface area contributed by atoms with Crippen LogP contribution >= 0.6 is 0 Å². The summed E-state index contributed by atoms with van der Waals surface area (Å²) in [6, 6.07) is 42.4. The lowest BCUT2D eigenvalue weighted by atomic mass is 9.88. The summed E-state index contributed by atoms with van der Waals surface area (Å²) in [6.07, 6.45) is 0.966. The van der Waals surface area contributed by atoms with Crippen LogP contribution in [0, 0.1) is 5.92 Å². The van der Waals surface area contributed by atoms with E-state index in [0.717, 1.165) is 67.5 Å². The van der Waals surface area contributed by atoms with Crippen LogP contribution in [-0.4, -0.2) is 10.7 Å². The summed E-state index contributed by atoms with van der Waals surface area (Å²) in [5, 5.41) is 3.41. The molecule has 0 bridgehead atoms. The predicted molar refractivity (Wildman–Crippen MR) is 165 cm³/mol. The molecule has 3 heterocycles. The van der Waals surface area contributed by atoms with Crippen LogP contribution in [0.3, 0.4) is 0 Å². The summed E-state index contributed by atoms with van der Waals surface area (Å²) in [6.45, 7) is 2.26. The Labute approximate surface area is 232 Å². The van der Waals surface area contributed by atoms with Crippen molar-refractivity contribution < 1.29 is 4.42 Å². The molecule has 5 aromatic carbocycles. The molecule has 0 N–H and O–H groups in total. The number of para-hydroxylation sites is 1. The Bertz CT molecular complexity index is 2090. The zero-order valence-corrected chi connectivity index (χ0v) is 22.1. The van der Waals surface area contributed by atoms with E-state index in [4.69, 9.17) is 14.4 Å². The molecule has 0 saturated heterocycles. The van der Waals surface area contributed by atoms with Crippen LogP contribution in [0.5, 0.6) is 0 Å². The quantitative estimate of drug-likeness (QED) is 0.235. The Morgan fingerprint density at radius 3 is 2.27 bits per heavy atom. The molecule has 8 rings (SSSR count). The molecule has 0 aliphatic carbocycles. The Morgan fingerprint density at radius 2 is 1.40 bits per heavy atom. The highest BCUT2D eigenvalue weighted by Crippen LogP contribution is 2.39. The first-order valence-corrected chi connectivity index (χ1v) is 13.8. The maximum Gasteiger partial charge on any atom is 0.136 e. The summed E-state index contributed by atoms with van der Waals surface area (Å²) >= 11 is 0. The molecule has 2 aromatic heterocycles. The van der Waals surface area contributed by atoms with Gasteiger partial charge in [0.2, 0.25) is 0 Å². The number of fused-ring (bicyclic) bond motifs is 6. The Kier molecular flexibility index (Phi) is 5.17. The highest BCUT2D eigenvalue weighted by Gasteiger charge is 2.23. The third-order valence-corrected chi connectivity index (χ3v) is 8.11. The van der Waals surface area contributed by atoms with E-state index in [-0.39, 0.29) is 0 Å². The Morgan fingerprint density at radius 1 is 0.650 bits per heavy atom. The van der Waals surface area contributed by atoms with Gasteiger partial charge in [0.25, 0.3) is 0 Å². The van der Waals surface area contributed by atoms with E-state index in [1.165, 1.54) is 16.7 Å². The number of pyridine rings is 1. The highest BCUT2D eigenvalue weighted by atomic mass is 16.3. The van der Waals surface area contributed by atoms with E-state index >= 15 is 0 Å². The third kappa shape index (κ3) is 3.66. The molecular formula is C37H26N2O. The number of furan rings is 1. The fourth-order valence-corrected chi connectivity index (χ4v) is 6.12. The monoisotopic (exact) mass is 514 g/mol. The molecule has 190 valence electrons.